The summed E-state index contributed by atoms with van der Waals surface area (Å²) in [6.07, 6.45) is 1.63. The lowest BCUT2D eigenvalue weighted by Gasteiger charge is -2.17. The molecule has 0 aliphatic carbocycles. The Hall–Kier alpha value is -0.900. The second-order valence-electron chi connectivity index (χ2n) is 3.69. The van der Waals surface area contributed by atoms with Crippen molar-refractivity contribution < 1.29 is 9.59 Å². The number of hydrogen-bond donors (Lipinski definition) is 1. The van der Waals surface area contributed by atoms with Gasteiger partial charge in [-0.05, 0) is 19.9 Å². The summed E-state index contributed by atoms with van der Waals surface area (Å²) in [7, 11) is 0. The molecule has 1 rings (SSSR count). The quantitative estimate of drug-likeness (QED) is 0.655. The molecule has 1 aliphatic heterocycles. The maximum atomic E-state index is 11.2. The highest BCUT2D eigenvalue weighted by Crippen LogP contribution is 2.12. The third-order valence-corrected chi connectivity index (χ3v) is 2.49. The van der Waals surface area contributed by atoms with E-state index in [1.165, 1.54) is 4.90 Å². The van der Waals surface area contributed by atoms with E-state index in [2.05, 4.69) is 12.2 Å². The minimum absolute atomic E-state index is 0.0151. The van der Waals surface area contributed by atoms with Gasteiger partial charge in [-0.1, -0.05) is 6.92 Å². The Labute approximate surface area is 84.7 Å². The number of imide groups is 1. The van der Waals surface area contributed by atoms with Crippen LogP contribution >= 0.6 is 0 Å². The monoisotopic (exact) mass is 198 g/mol. The molecule has 4 nitrogen and oxygen atoms in total. The Kier molecular flexibility index (Phi) is 4.07. The molecule has 0 bridgehead atoms. The van der Waals surface area contributed by atoms with Gasteiger partial charge in [-0.15, -0.1) is 0 Å². The van der Waals surface area contributed by atoms with Crippen molar-refractivity contribution in [3.05, 3.63) is 0 Å². The SMILES string of the molecule is CCNC(C)CCN1C(=O)CCC1=O. The normalized spacial score (nSPS) is 19.1. The molecule has 1 atom stereocenters. The van der Waals surface area contributed by atoms with Crippen LogP contribution < -0.4 is 5.32 Å². The van der Waals surface area contributed by atoms with Crippen molar-refractivity contribution in [2.75, 3.05) is 13.1 Å². The molecule has 80 valence electrons. The number of amides is 2. The van der Waals surface area contributed by atoms with E-state index in [-0.39, 0.29) is 11.8 Å². The molecular formula is C10H18N2O2. The molecular weight excluding hydrogens is 180 g/mol. The standard InChI is InChI=1S/C10H18N2O2/c1-3-11-8(2)6-7-12-9(13)4-5-10(12)14/h8,11H,3-7H2,1-2H3. The van der Waals surface area contributed by atoms with Gasteiger partial charge in [0.2, 0.25) is 11.8 Å². The number of nitrogens with zero attached hydrogens (tertiary/aromatic N) is 1. The first-order valence-corrected chi connectivity index (χ1v) is 5.21. The average molecular weight is 198 g/mol. The smallest absolute Gasteiger partial charge is 0.229 e. The predicted molar refractivity (Wildman–Crippen MR) is 53.7 cm³/mol. The van der Waals surface area contributed by atoms with Crippen LogP contribution in [-0.2, 0) is 9.59 Å². The van der Waals surface area contributed by atoms with Gasteiger partial charge < -0.3 is 5.32 Å². The zero-order valence-electron chi connectivity index (χ0n) is 8.88. The van der Waals surface area contributed by atoms with Crippen molar-refractivity contribution in [2.24, 2.45) is 0 Å². The highest BCUT2D eigenvalue weighted by Gasteiger charge is 2.28. The van der Waals surface area contributed by atoms with Gasteiger partial charge in [0.05, 0.1) is 0 Å². The van der Waals surface area contributed by atoms with E-state index in [9.17, 15) is 9.59 Å². The topological polar surface area (TPSA) is 49.4 Å². The highest BCUT2D eigenvalue weighted by atomic mass is 16.2. The second-order valence-corrected chi connectivity index (χ2v) is 3.69. The van der Waals surface area contributed by atoms with Crippen molar-refractivity contribution in [1.29, 1.82) is 0 Å². The van der Waals surface area contributed by atoms with E-state index in [0.717, 1.165) is 13.0 Å². The molecule has 0 saturated carbocycles. The molecule has 1 unspecified atom stereocenters. The predicted octanol–water partition coefficient (Wildman–Crippen LogP) is 0.523. The summed E-state index contributed by atoms with van der Waals surface area (Å²) in [5.74, 6) is -0.0302. The third-order valence-electron chi connectivity index (χ3n) is 2.49. The van der Waals surface area contributed by atoms with E-state index < -0.39 is 0 Å². The van der Waals surface area contributed by atoms with E-state index in [4.69, 9.17) is 0 Å². The van der Waals surface area contributed by atoms with Crippen molar-refractivity contribution in [3.8, 4) is 0 Å². The van der Waals surface area contributed by atoms with Crippen LogP contribution in [0.1, 0.15) is 33.1 Å². The lowest BCUT2D eigenvalue weighted by atomic mass is 10.2. The molecule has 0 spiro atoms. The first kappa shape index (κ1) is 11.2. The fraction of sp³-hybridized carbons (Fsp3) is 0.800. The Morgan fingerprint density at radius 2 is 1.93 bits per heavy atom. The van der Waals surface area contributed by atoms with Gasteiger partial charge in [0.1, 0.15) is 0 Å². The summed E-state index contributed by atoms with van der Waals surface area (Å²) in [5.41, 5.74) is 0. The number of carbonyl (C=O) groups excluding carboxylic acids is 2. The molecule has 1 fully saturated rings. The minimum atomic E-state index is -0.0151. The number of carbonyl (C=O) groups is 2. The van der Waals surface area contributed by atoms with Crippen molar-refractivity contribution in [2.45, 2.75) is 39.2 Å². The lowest BCUT2D eigenvalue weighted by molar-refractivity contribution is -0.138. The molecule has 0 aromatic carbocycles. The van der Waals surface area contributed by atoms with Crippen LogP contribution in [-0.4, -0.2) is 35.8 Å². The molecule has 1 N–H and O–H groups in total. The van der Waals surface area contributed by atoms with Crippen LogP contribution in [0, 0.1) is 0 Å². The first-order chi connectivity index (χ1) is 6.65. The Morgan fingerprint density at radius 1 is 1.36 bits per heavy atom. The van der Waals surface area contributed by atoms with Crippen LogP contribution in [0.5, 0.6) is 0 Å². The van der Waals surface area contributed by atoms with E-state index in [1.807, 2.05) is 6.92 Å². The number of nitrogens with one attached hydrogen (secondary N) is 1. The second kappa shape index (κ2) is 5.10. The summed E-state index contributed by atoms with van der Waals surface area (Å²) in [5, 5.41) is 3.25. The maximum absolute atomic E-state index is 11.2. The van der Waals surface area contributed by atoms with Gasteiger partial charge in [0.25, 0.3) is 0 Å². The molecule has 0 aromatic rings. The maximum Gasteiger partial charge on any atom is 0.229 e. The van der Waals surface area contributed by atoms with Gasteiger partial charge in [-0.3, -0.25) is 14.5 Å². The molecule has 0 aromatic heterocycles. The van der Waals surface area contributed by atoms with Gasteiger partial charge >= 0.3 is 0 Å². The molecule has 0 radical (unpaired) electrons. The third kappa shape index (κ3) is 2.80. The lowest BCUT2D eigenvalue weighted by Crippen LogP contribution is -2.35. The fourth-order valence-corrected chi connectivity index (χ4v) is 1.65. The minimum Gasteiger partial charge on any atom is -0.314 e. The van der Waals surface area contributed by atoms with Crippen LogP contribution in [0.3, 0.4) is 0 Å². The van der Waals surface area contributed by atoms with E-state index in [1.54, 1.807) is 0 Å². The Bertz CT molecular complexity index is 212. The van der Waals surface area contributed by atoms with Crippen molar-refractivity contribution in [1.82, 2.24) is 10.2 Å². The summed E-state index contributed by atoms with van der Waals surface area (Å²) >= 11 is 0. The van der Waals surface area contributed by atoms with Crippen LogP contribution in [0.15, 0.2) is 0 Å². The van der Waals surface area contributed by atoms with Crippen molar-refractivity contribution >= 4 is 11.8 Å². The van der Waals surface area contributed by atoms with E-state index in [0.29, 0.717) is 25.4 Å². The van der Waals surface area contributed by atoms with Gasteiger partial charge in [0, 0.05) is 25.4 Å². The molecule has 1 saturated heterocycles. The van der Waals surface area contributed by atoms with Gasteiger partial charge in [-0.2, -0.15) is 0 Å². The van der Waals surface area contributed by atoms with Crippen LogP contribution in [0.4, 0.5) is 0 Å². The fourth-order valence-electron chi connectivity index (χ4n) is 1.65. The summed E-state index contributed by atoms with van der Waals surface area (Å²) in [4.78, 5) is 23.9. The molecule has 14 heavy (non-hydrogen) atoms. The molecule has 1 aliphatic rings. The molecule has 1 heterocycles. The summed E-state index contributed by atoms with van der Waals surface area (Å²) in [6, 6.07) is 0.362. The summed E-state index contributed by atoms with van der Waals surface area (Å²) < 4.78 is 0. The van der Waals surface area contributed by atoms with Gasteiger partial charge in [-0.25, -0.2) is 0 Å². The number of likely N-dealkylation sites (tertiary alicyclic amines) is 1. The van der Waals surface area contributed by atoms with Crippen LogP contribution in [0.2, 0.25) is 0 Å². The number of hydrogen-bond acceptors (Lipinski definition) is 3. The van der Waals surface area contributed by atoms with Crippen LogP contribution in [0.25, 0.3) is 0 Å². The average Bonchev–Trinajstić information content (AvgIpc) is 2.44. The first-order valence-electron chi connectivity index (χ1n) is 5.21. The highest BCUT2D eigenvalue weighted by molar-refractivity contribution is 6.01. The zero-order chi connectivity index (χ0) is 10.6. The largest absolute Gasteiger partial charge is 0.314 e. The molecule has 2 amide bonds. The molecule has 4 heteroatoms. The van der Waals surface area contributed by atoms with Gasteiger partial charge in [0.15, 0.2) is 0 Å². The van der Waals surface area contributed by atoms with E-state index >= 15 is 0 Å². The Balaban J connectivity index is 2.30. The number of rotatable bonds is 5. The Morgan fingerprint density at radius 3 is 2.43 bits per heavy atom. The summed E-state index contributed by atoms with van der Waals surface area (Å²) in [6.45, 7) is 5.59. The zero-order valence-corrected chi connectivity index (χ0v) is 8.88. The van der Waals surface area contributed by atoms with Crippen molar-refractivity contribution in [3.63, 3.8) is 0 Å².